The number of benzene rings is 1. The van der Waals surface area contributed by atoms with E-state index in [9.17, 15) is 8.42 Å². The Bertz CT molecular complexity index is 756. The van der Waals surface area contributed by atoms with E-state index in [-0.39, 0.29) is 10.6 Å². The van der Waals surface area contributed by atoms with Crippen molar-refractivity contribution in [1.82, 2.24) is 10.2 Å². The normalized spacial score (nSPS) is 11.0. The van der Waals surface area contributed by atoms with Crippen molar-refractivity contribution >= 4 is 15.7 Å². The van der Waals surface area contributed by atoms with Crippen molar-refractivity contribution < 1.29 is 8.42 Å². The van der Waals surface area contributed by atoms with Crippen molar-refractivity contribution in [3.05, 3.63) is 41.2 Å². The molecule has 2 N–H and O–H groups in total. The maximum atomic E-state index is 12.2. The third-order valence-corrected chi connectivity index (χ3v) is 4.18. The highest BCUT2D eigenvalue weighted by atomic mass is 32.2. The van der Waals surface area contributed by atoms with Crippen LogP contribution in [0.3, 0.4) is 0 Å². The number of aromatic amines is 1. The summed E-state index contributed by atoms with van der Waals surface area (Å²) in [6.07, 6.45) is 1.24. The average molecular weight is 276 g/mol. The maximum absolute atomic E-state index is 12.2. The molecule has 1 aromatic heterocycles. The molecule has 0 atom stereocenters. The molecule has 0 spiro atoms. The van der Waals surface area contributed by atoms with Crippen LogP contribution in [0.4, 0.5) is 5.69 Å². The summed E-state index contributed by atoms with van der Waals surface area (Å²) in [5.74, 6) is 0. The van der Waals surface area contributed by atoms with E-state index < -0.39 is 10.0 Å². The van der Waals surface area contributed by atoms with Crippen LogP contribution in [0, 0.1) is 25.2 Å². The number of hydrogen-bond acceptors (Lipinski definition) is 4. The lowest BCUT2D eigenvalue weighted by Crippen LogP contribution is -2.14. The molecule has 0 unspecified atom stereocenters. The lowest BCUT2D eigenvalue weighted by Gasteiger charge is -2.10. The van der Waals surface area contributed by atoms with E-state index in [1.807, 2.05) is 6.07 Å². The van der Waals surface area contributed by atoms with Gasteiger partial charge in [-0.1, -0.05) is 12.1 Å². The number of aryl methyl sites for hydroxylation is 2. The third kappa shape index (κ3) is 2.44. The Morgan fingerprint density at radius 2 is 2.11 bits per heavy atom. The predicted octanol–water partition coefficient (Wildman–Crippen LogP) is 1.70. The Hall–Kier alpha value is -2.33. The van der Waals surface area contributed by atoms with Gasteiger partial charge in [-0.15, -0.1) is 0 Å². The highest BCUT2D eigenvalue weighted by Crippen LogP contribution is 2.22. The zero-order valence-electron chi connectivity index (χ0n) is 10.4. The van der Waals surface area contributed by atoms with E-state index >= 15 is 0 Å². The van der Waals surface area contributed by atoms with E-state index in [1.165, 1.54) is 6.20 Å². The minimum Gasteiger partial charge on any atom is -0.281 e. The highest BCUT2D eigenvalue weighted by Gasteiger charge is 2.20. The fourth-order valence-corrected chi connectivity index (χ4v) is 2.92. The Morgan fingerprint density at radius 3 is 2.68 bits per heavy atom. The monoisotopic (exact) mass is 276 g/mol. The van der Waals surface area contributed by atoms with Crippen LogP contribution in [0.1, 0.15) is 16.8 Å². The van der Waals surface area contributed by atoms with Gasteiger partial charge >= 0.3 is 0 Å². The van der Waals surface area contributed by atoms with Crippen LogP contribution in [0.2, 0.25) is 0 Å². The first-order valence-electron chi connectivity index (χ1n) is 5.48. The fourth-order valence-electron chi connectivity index (χ4n) is 1.71. The largest absolute Gasteiger partial charge is 0.281 e. The number of hydrogen-bond donors (Lipinski definition) is 2. The molecule has 0 aliphatic carbocycles. The third-order valence-electron chi connectivity index (χ3n) is 2.70. The first-order chi connectivity index (χ1) is 8.95. The van der Waals surface area contributed by atoms with E-state index in [0.29, 0.717) is 16.8 Å². The van der Waals surface area contributed by atoms with Gasteiger partial charge in [-0.2, -0.15) is 10.4 Å². The molecule has 2 aromatic rings. The van der Waals surface area contributed by atoms with Crippen molar-refractivity contribution in [2.75, 3.05) is 4.72 Å². The zero-order chi connectivity index (χ0) is 14.0. The molecule has 2 rings (SSSR count). The number of sulfonamides is 1. The zero-order valence-corrected chi connectivity index (χ0v) is 11.2. The Balaban J connectivity index is 2.46. The molecule has 1 aromatic carbocycles. The van der Waals surface area contributed by atoms with Gasteiger partial charge in [0.25, 0.3) is 10.0 Å². The smallest absolute Gasteiger partial charge is 0.265 e. The van der Waals surface area contributed by atoms with Gasteiger partial charge in [-0.05, 0) is 25.5 Å². The molecule has 0 saturated carbocycles. The van der Waals surface area contributed by atoms with Gasteiger partial charge in [0.2, 0.25) is 0 Å². The van der Waals surface area contributed by atoms with E-state index in [4.69, 9.17) is 5.26 Å². The molecule has 0 fully saturated rings. The van der Waals surface area contributed by atoms with Gasteiger partial charge in [-0.3, -0.25) is 9.82 Å². The van der Waals surface area contributed by atoms with E-state index in [1.54, 1.807) is 32.0 Å². The second-order valence-electron chi connectivity index (χ2n) is 4.07. The molecule has 0 radical (unpaired) electrons. The summed E-state index contributed by atoms with van der Waals surface area (Å²) in [7, 11) is -3.74. The summed E-state index contributed by atoms with van der Waals surface area (Å²) >= 11 is 0. The lowest BCUT2D eigenvalue weighted by atomic mass is 10.1. The molecule has 0 aliphatic rings. The molecule has 19 heavy (non-hydrogen) atoms. The number of nitrogens with zero attached hydrogens (tertiary/aromatic N) is 2. The van der Waals surface area contributed by atoms with Gasteiger partial charge in [0.15, 0.2) is 0 Å². The minimum atomic E-state index is -3.74. The van der Waals surface area contributed by atoms with E-state index in [2.05, 4.69) is 14.9 Å². The molecule has 6 nitrogen and oxygen atoms in total. The molecule has 0 aliphatic heterocycles. The molecule has 7 heteroatoms. The molecular weight excluding hydrogens is 264 g/mol. The quantitative estimate of drug-likeness (QED) is 0.891. The second-order valence-corrected chi connectivity index (χ2v) is 5.72. The summed E-state index contributed by atoms with van der Waals surface area (Å²) in [6, 6.07) is 6.99. The SMILES string of the molecule is Cc1cccc(NS(=O)(=O)c2cn[nH]c2C)c1C#N. The Kier molecular flexibility index (Phi) is 3.27. The van der Waals surface area contributed by atoms with Crippen molar-refractivity contribution in [2.24, 2.45) is 0 Å². The van der Waals surface area contributed by atoms with Crippen molar-refractivity contribution in [3.8, 4) is 6.07 Å². The molecule has 0 saturated heterocycles. The molecular formula is C12H12N4O2S. The van der Waals surface area contributed by atoms with Gasteiger partial charge in [0.05, 0.1) is 23.1 Å². The Morgan fingerprint density at radius 1 is 1.37 bits per heavy atom. The van der Waals surface area contributed by atoms with Crippen molar-refractivity contribution in [1.29, 1.82) is 5.26 Å². The fraction of sp³-hybridized carbons (Fsp3) is 0.167. The predicted molar refractivity (Wildman–Crippen MR) is 70.0 cm³/mol. The maximum Gasteiger partial charge on any atom is 0.265 e. The highest BCUT2D eigenvalue weighted by molar-refractivity contribution is 7.92. The van der Waals surface area contributed by atoms with E-state index in [0.717, 1.165) is 0 Å². The van der Waals surface area contributed by atoms with Crippen molar-refractivity contribution in [2.45, 2.75) is 18.7 Å². The van der Waals surface area contributed by atoms with Crippen LogP contribution >= 0.6 is 0 Å². The number of nitrogens with one attached hydrogen (secondary N) is 2. The lowest BCUT2D eigenvalue weighted by molar-refractivity contribution is 0.600. The number of anilines is 1. The topological polar surface area (TPSA) is 98.6 Å². The Labute approximate surface area is 111 Å². The molecule has 0 amide bonds. The standard InChI is InChI=1S/C12H12N4O2S/c1-8-4-3-5-11(10(8)6-13)16-19(17,18)12-7-14-15-9(12)2/h3-5,7,16H,1-2H3,(H,14,15). The number of nitriles is 1. The molecule has 98 valence electrons. The van der Waals surface area contributed by atoms with Crippen LogP contribution in [0.5, 0.6) is 0 Å². The van der Waals surface area contributed by atoms with Gasteiger partial charge in [0.1, 0.15) is 11.0 Å². The summed E-state index contributed by atoms with van der Waals surface area (Å²) < 4.78 is 26.8. The van der Waals surface area contributed by atoms with Crippen molar-refractivity contribution in [3.63, 3.8) is 0 Å². The average Bonchev–Trinajstić information content (AvgIpc) is 2.76. The second kappa shape index (κ2) is 4.74. The first kappa shape index (κ1) is 13.1. The number of aromatic nitrogens is 2. The molecule has 0 bridgehead atoms. The van der Waals surface area contributed by atoms with Crippen LogP contribution in [-0.4, -0.2) is 18.6 Å². The number of rotatable bonds is 3. The minimum absolute atomic E-state index is 0.0675. The first-order valence-corrected chi connectivity index (χ1v) is 6.96. The summed E-state index contributed by atoms with van der Waals surface area (Å²) in [6.45, 7) is 3.36. The van der Waals surface area contributed by atoms with Crippen LogP contribution < -0.4 is 4.72 Å². The van der Waals surface area contributed by atoms with Gasteiger partial charge in [0, 0.05) is 0 Å². The van der Waals surface area contributed by atoms with Gasteiger partial charge < -0.3 is 0 Å². The van der Waals surface area contributed by atoms with Crippen LogP contribution in [0.15, 0.2) is 29.3 Å². The van der Waals surface area contributed by atoms with Gasteiger partial charge in [-0.25, -0.2) is 8.42 Å². The molecule has 1 heterocycles. The van der Waals surface area contributed by atoms with Crippen LogP contribution in [0.25, 0.3) is 0 Å². The van der Waals surface area contributed by atoms with Crippen LogP contribution in [-0.2, 0) is 10.0 Å². The summed E-state index contributed by atoms with van der Waals surface area (Å²) in [5.41, 5.74) is 1.74. The number of H-pyrrole nitrogens is 1. The summed E-state index contributed by atoms with van der Waals surface area (Å²) in [4.78, 5) is 0.0675. The summed E-state index contributed by atoms with van der Waals surface area (Å²) in [5, 5.41) is 15.3.